The van der Waals surface area contributed by atoms with Crippen LogP contribution in [0.2, 0.25) is 5.02 Å². The lowest BCUT2D eigenvalue weighted by Gasteiger charge is -2.17. The van der Waals surface area contributed by atoms with E-state index in [4.69, 9.17) is 11.6 Å². The lowest BCUT2D eigenvalue weighted by Crippen LogP contribution is -2.27. The maximum atomic E-state index is 12.9. The van der Waals surface area contributed by atoms with Gasteiger partial charge in [0.2, 0.25) is 10.0 Å². The maximum absolute atomic E-state index is 12.9. The minimum Gasteiger partial charge on any atom is -0.263 e. The number of nitrogens with one attached hydrogen (secondary N) is 1. The second-order valence-corrected chi connectivity index (χ2v) is 8.47. The molecule has 1 heterocycles. The Balaban J connectivity index is 1.88. The van der Waals surface area contributed by atoms with Crippen molar-refractivity contribution in [2.75, 3.05) is 0 Å². The first-order chi connectivity index (χ1) is 13.6. The van der Waals surface area contributed by atoms with Crippen molar-refractivity contribution in [3.63, 3.8) is 0 Å². The summed E-state index contributed by atoms with van der Waals surface area (Å²) < 4.78 is 66.3. The first-order valence-corrected chi connectivity index (χ1v) is 10.3. The predicted octanol–water partition coefficient (Wildman–Crippen LogP) is 5.46. The largest absolute Gasteiger partial charge is 0.416 e. The van der Waals surface area contributed by atoms with E-state index in [1.165, 1.54) is 6.20 Å². The molecule has 3 rings (SSSR count). The van der Waals surface area contributed by atoms with Gasteiger partial charge in [-0.05, 0) is 48.4 Å². The van der Waals surface area contributed by atoms with E-state index in [0.717, 1.165) is 29.3 Å². The summed E-state index contributed by atoms with van der Waals surface area (Å²) in [5, 5.41) is 0.446. The normalized spacial score (nSPS) is 13.3. The molecule has 0 aliphatic rings. The average molecular weight is 441 g/mol. The van der Waals surface area contributed by atoms with Crippen molar-refractivity contribution in [3.8, 4) is 11.1 Å². The Morgan fingerprint density at radius 1 is 1.07 bits per heavy atom. The van der Waals surface area contributed by atoms with E-state index in [0.29, 0.717) is 16.7 Å². The molecule has 0 fully saturated rings. The van der Waals surface area contributed by atoms with Gasteiger partial charge in [-0.3, -0.25) is 4.98 Å². The summed E-state index contributed by atoms with van der Waals surface area (Å²) in [6.45, 7) is 1.61. The maximum Gasteiger partial charge on any atom is 0.416 e. The van der Waals surface area contributed by atoms with Crippen LogP contribution in [0, 0.1) is 0 Å². The van der Waals surface area contributed by atoms with E-state index < -0.39 is 32.7 Å². The standard InChI is InChI=1S/C20H16ClF3N2O2S/c1-13(14-4-2-5-15(10-14)18-8-9-25-12-19(18)21)26-29(27,28)17-7-3-6-16(11-17)20(22,23)24/h2-13,26H,1H3/t13-/m0/s1. The van der Waals surface area contributed by atoms with E-state index in [2.05, 4.69) is 9.71 Å². The van der Waals surface area contributed by atoms with Gasteiger partial charge in [-0.2, -0.15) is 13.2 Å². The Bertz CT molecular complexity index is 1130. The van der Waals surface area contributed by atoms with Crippen molar-refractivity contribution < 1.29 is 21.6 Å². The van der Waals surface area contributed by atoms with Gasteiger partial charge in [0.05, 0.1) is 15.5 Å². The fraction of sp³-hybridized carbons (Fsp3) is 0.150. The van der Waals surface area contributed by atoms with Gasteiger partial charge < -0.3 is 0 Å². The molecule has 0 saturated heterocycles. The smallest absolute Gasteiger partial charge is 0.263 e. The summed E-state index contributed by atoms with van der Waals surface area (Å²) in [5.41, 5.74) is 1.10. The molecule has 0 spiro atoms. The van der Waals surface area contributed by atoms with Crippen molar-refractivity contribution in [1.82, 2.24) is 9.71 Å². The highest BCUT2D eigenvalue weighted by molar-refractivity contribution is 7.89. The lowest BCUT2D eigenvalue weighted by atomic mass is 10.0. The molecule has 9 heteroatoms. The van der Waals surface area contributed by atoms with Gasteiger partial charge in [-0.1, -0.05) is 35.9 Å². The highest BCUT2D eigenvalue weighted by Crippen LogP contribution is 2.31. The molecule has 0 aliphatic carbocycles. The number of alkyl halides is 3. The van der Waals surface area contributed by atoms with Gasteiger partial charge in [0.1, 0.15) is 0 Å². The fourth-order valence-electron chi connectivity index (χ4n) is 2.79. The van der Waals surface area contributed by atoms with Gasteiger partial charge in [-0.25, -0.2) is 13.1 Å². The highest BCUT2D eigenvalue weighted by Gasteiger charge is 2.32. The molecule has 152 valence electrons. The van der Waals surface area contributed by atoms with Crippen LogP contribution >= 0.6 is 11.6 Å². The fourth-order valence-corrected chi connectivity index (χ4v) is 4.30. The summed E-state index contributed by atoms with van der Waals surface area (Å²) in [5.74, 6) is 0. The summed E-state index contributed by atoms with van der Waals surface area (Å²) >= 11 is 6.16. The Hall–Kier alpha value is -2.42. The Morgan fingerprint density at radius 3 is 2.48 bits per heavy atom. The van der Waals surface area contributed by atoms with E-state index in [-0.39, 0.29) is 0 Å². The van der Waals surface area contributed by atoms with E-state index >= 15 is 0 Å². The summed E-state index contributed by atoms with van der Waals surface area (Å²) in [7, 11) is -4.16. The van der Waals surface area contributed by atoms with Gasteiger partial charge in [0.25, 0.3) is 0 Å². The number of hydrogen-bond acceptors (Lipinski definition) is 3. The van der Waals surface area contributed by atoms with Gasteiger partial charge in [-0.15, -0.1) is 0 Å². The minimum atomic E-state index is -4.63. The van der Waals surface area contributed by atoms with Gasteiger partial charge >= 0.3 is 6.18 Å². The van der Waals surface area contributed by atoms with Crippen LogP contribution in [0.5, 0.6) is 0 Å². The molecule has 0 aliphatic heterocycles. The zero-order chi connectivity index (χ0) is 21.2. The topological polar surface area (TPSA) is 59.1 Å². The third-order valence-electron chi connectivity index (χ3n) is 4.27. The number of aromatic nitrogens is 1. The molecule has 2 aromatic carbocycles. The van der Waals surface area contributed by atoms with Crippen LogP contribution in [0.1, 0.15) is 24.1 Å². The average Bonchev–Trinajstić information content (AvgIpc) is 2.67. The highest BCUT2D eigenvalue weighted by atomic mass is 35.5. The van der Waals surface area contributed by atoms with Gasteiger partial charge in [0, 0.05) is 24.0 Å². The van der Waals surface area contributed by atoms with Crippen LogP contribution in [0.3, 0.4) is 0 Å². The van der Waals surface area contributed by atoms with Crippen LogP contribution in [-0.4, -0.2) is 13.4 Å². The predicted molar refractivity (Wildman–Crippen MR) is 105 cm³/mol. The number of benzene rings is 2. The molecular weight excluding hydrogens is 425 g/mol. The molecule has 0 radical (unpaired) electrons. The summed E-state index contributed by atoms with van der Waals surface area (Å²) in [4.78, 5) is 3.48. The third-order valence-corrected chi connectivity index (χ3v) is 6.11. The van der Waals surface area contributed by atoms with Crippen molar-refractivity contribution >= 4 is 21.6 Å². The lowest BCUT2D eigenvalue weighted by molar-refractivity contribution is -0.137. The van der Waals surface area contributed by atoms with Crippen molar-refractivity contribution in [2.45, 2.75) is 24.0 Å². The van der Waals surface area contributed by atoms with Crippen molar-refractivity contribution in [3.05, 3.63) is 83.1 Å². The van der Waals surface area contributed by atoms with Crippen molar-refractivity contribution in [1.29, 1.82) is 0 Å². The monoisotopic (exact) mass is 440 g/mol. The Morgan fingerprint density at radius 2 is 1.79 bits per heavy atom. The molecule has 4 nitrogen and oxygen atoms in total. The van der Waals surface area contributed by atoms with E-state index in [1.807, 2.05) is 6.07 Å². The number of sulfonamides is 1. The molecule has 1 N–H and O–H groups in total. The van der Waals surface area contributed by atoms with Crippen LogP contribution in [0.4, 0.5) is 13.2 Å². The van der Waals surface area contributed by atoms with Crippen LogP contribution in [-0.2, 0) is 16.2 Å². The number of nitrogens with zero attached hydrogens (tertiary/aromatic N) is 1. The quantitative estimate of drug-likeness (QED) is 0.573. The molecule has 3 aromatic rings. The number of pyridine rings is 1. The number of rotatable bonds is 5. The molecule has 1 atom stereocenters. The first-order valence-electron chi connectivity index (χ1n) is 8.47. The summed E-state index contributed by atoms with van der Waals surface area (Å²) in [6.07, 6.45) is -1.54. The Kier molecular flexibility index (Phi) is 5.97. The number of halogens is 4. The van der Waals surface area contributed by atoms with Gasteiger partial charge in [0.15, 0.2) is 0 Å². The molecule has 29 heavy (non-hydrogen) atoms. The SMILES string of the molecule is C[C@H](NS(=O)(=O)c1cccc(C(F)(F)F)c1)c1cccc(-c2ccncc2Cl)c1. The van der Waals surface area contributed by atoms with Crippen molar-refractivity contribution in [2.24, 2.45) is 0 Å². The molecule has 1 aromatic heterocycles. The minimum absolute atomic E-state index is 0.446. The first kappa shape index (κ1) is 21.3. The zero-order valence-corrected chi connectivity index (χ0v) is 16.7. The van der Waals surface area contributed by atoms with E-state index in [9.17, 15) is 21.6 Å². The number of hydrogen-bond donors (Lipinski definition) is 1. The molecule has 0 amide bonds. The summed E-state index contributed by atoms with van der Waals surface area (Å²) in [6, 6.07) is 11.7. The second kappa shape index (κ2) is 8.14. The molecule has 0 unspecified atom stereocenters. The molecule has 0 saturated carbocycles. The second-order valence-electron chi connectivity index (χ2n) is 6.35. The Labute approximate surface area is 171 Å². The van der Waals surface area contributed by atoms with Crippen LogP contribution in [0.15, 0.2) is 71.9 Å². The van der Waals surface area contributed by atoms with Crippen LogP contribution < -0.4 is 4.72 Å². The van der Waals surface area contributed by atoms with Crippen LogP contribution in [0.25, 0.3) is 11.1 Å². The molecule has 0 bridgehead atoms. The zero-order valence-electron chi connectivity index (χ0n) is 15.1. The van der Waals surface area contributed by atoms with E-state index in [1.54, 1.807) is 37.4 Å². The molecular formula is C20H16ClF3N2O2S. The third kappa shape index (κ3) is 4.95.